The Hall–Kier alpha value is -1.65. The first-order valence-electron chi connectivity index (χ1n) is 5.47. The molecule has 1 unspecified atom stereocenters. The smallest absolute Gasteiger partial charge is 0.328 e. The van der Waals surface area contributed by atoms with Gasteiger partial charge in [-0.15, -0.1) is 0 Å². The van der Waals surface area contributed by atoms with Crippen molar-refractivity contribution in [2.24, 2.45) is 0 Å². The minimum absolute atomic E-state index is 0.0371. The van der Waals surface area contributed by atoms with Crippen molar-refractivity contribution in [2.75, 3.05) is 11.9 Å². The second-order valence-electron chi connectivity index (χ2n) is 3.46. The first-order chi connectivity index (χ1) is 8.10. The van der Waals surface area contributed by atoms with Crippen LogP contribution < -0.4 is 5.32 Å². The van der Waals surface area contributed by atoms with Crippen molar-refractivity contribution in [1.82, 2.24) is 0 Å². The van der Waals surface area contributed by atoms with E-state index in [9.17, 15) is 13.6 Å². The number of hydrogen-bond donors (Lipinski definition) is 1. The quantitative estimate of drug-likeness (QED) is 0.808. The van der Waals surface area contributed by atoms with Crippen LogP contribution in [-0.2, 0) is 9.53 Å². The SMILES string of the molecule is CCOC(=O)C(CC)Nc1cccc(F)c1F. The van der Waals surface area contributed by atoms with Gasteiger partial charge in [-0.25, -0.2) is 13.6 Å². The lowest BCUT2D eigenvalue weighted by Crippen LogP contribution is -2.31. The molecule has 1 rings (SSSR count). The van der Waals surface area contributed by atoms with E-state index in [2.05, 4.69) is 5.32 Å². The summed E-state index contributed by atoms with van der Waals surface area (Å²) in [5.74, 6) is -2.41. The van der Waals surface area contributed by atoms with Crippen LogP contribution in [-0.4, -0.2) is 18.6 Å². The number of hydrogen-bond acceptors (Lipinski definition) is 3. The molecule has 0 aliphatic heterocycles. The molecule has 0 fully saturated rings. The summed E-state index contributed by atoms with van der Waals surface area (Å²) in [6.07, 6.45) is 0.425. The van der Waals surface area contributed by atoms with Crippen LogP contribution >= 0.6 is 0 Å². The molecule has 0 bridgehead atoms. The fourth-order valence-corrected chi connectivity index (χ4v) is 1.37. The van der Waals surface area contributed by atoms with Crippen LogP contribution in [0.25, 0.3) is 0 Å². The van der Waals surface area contributed by atoms with E-state index in [4.69, 9.17) is 4.74 Å². The molecule has 94 valence electrons. The first-order valence-corrected chi connectivity index (χ1v) is 5.47. The highest BCUT2D eigenvalue weighted by atomic mass is 19.2. The number of halogens is 2. The van der Waals surface area contributed by atoms with Crippen molar-refractivity contribution in [3.05, 3.63) is 29.8 Å². The number of carbonyl (C=O) groups is 1. The molecule has 1 N–H and O–H groups in total. The number of benzene rings is 1. The molecular formula is C12H15F2NO2. The molecule has 3 nitrogen and oxygen atoms in total. The van der Waals surface area contributed by atoms with Gasteiger partial charge in [-0.2, -0.15) is 0 Å². The normalized spacial score (nSPS) is 12.0. The lowest BCUT2D eigenvalue weighted by Gasteiger charge is -2.17. The Kier molecular flexibility index (Phi) is 4.87. The summed E-state index contributed by atoms with van der Waals surface area (Å²) in [6, 6.07) is 3.09. The third-order valence-electron chi connectivity index (χ3n) is 2.26. The van der Waals surface area contributed by atoms with E-state index in [0.29, 0.717) is 6.42 Å². The van der Waals surface area contributed by atoms with Gasteiger partial charge in [0.15, 0.2) is 11.6 Å². The largest absolute Gasteiger partial charge is 0.464 e. The number of esters is 1. The zero-order valence-corrected chi connectivity index (χ0v) is 9.80. The molecule has 1 aromatic rings. The third-order valence-corrected chi connectivity index (χ3v) is 2.26. The average Bonchev–Trinajstić information content (AvgIpc) is 2.31. The van der Waals surface area contributed by atoms with Gasteiger partial charge >= 0.3 is 5.97 Å². The van der Waals surface area contributed by atoms with E-state index in [1.807, 2.05) is 0 Å². The Morgan fingerprint density at radius 3 is 2.71 bits per heavy atom. The van der Waals surface area contributed by atoms with Crippen LogP contribution in [0, 0.1) is 11.6 Å². The van der Waals surface area contributed by atoms with Crippen molar-refractivity contribution < 1.29 is 18.3 Å². The molecule has 5 heteroatoms. The molecule has 0 amide bonds. The molecule has 17 heavy (non-hydrogen) atoms. The van der Waals surface area contributed by atoms with Crippen LogP contribution in [0.2, 0.25) is 0 Å². The molecule has 0 aliphatic rings. The van der Waals surface area contributed by atoms with Crippen molar-refractivity contribution in [2.45, 2.75) is 26.3 Å². The Bertz CT molecular complexity index is 396. The molecule has 0 saturated heterocycles. The maximum atomic E-state index is 13.4. The summed E-state index contributed by atoms with van der Waals surface area (Å²) in [5, 5.41) is 2.63. The third kappa shape index (κ3) is 3.41. The average molecular weight is 243 g/mol. The van der Waals surface area contributed by atoms with Gasteiger partial charge in [-0.3, -0.25) is 0 Å². The van der Waals surface area contributed by atoms with Gasteiger partial charge in [0, 0.05) is 0 Å². The molecule has 0 saturated carbocycles. The summed E-state index contributed by atoms with van der Waals surface area (Å²) in [7, 11) is 0. The number of carbonyl (C=O) groups excluding carboxylic acids is 1. The maximum absolute atomic E-state index is 13.4. The van der Waals surface area contributed by atoms with E-state index < -0.39 is 23.6 Å². The van der Waals surface area contributed by atoms with E-state index in [1.54, 1.807) is 13.8 Å². The summed E-state index contributed by atoms with van der Waals surface area (Å²) < 4.78 is 31.1. The van der Waals surface area contributed by atoms with Crippen LogP contribution in [0.15, 0.2) is 18.2 Å². The predicted molar refractivity (Wildman–Crippen MR) is 60.7 cm³/mol. The highest BCUT2D eigenvalue weighted by Crippen LogP contribution is 2.18. The minimum atomic E-state index is -0.991. The van der Waals surface area contributed by atoms with Crippen LogP contribution in [0.1, 0.15) is 20.3 Å². The molecule has 0 spiro atoms. The van der Waals surface area contributed by atoms with Crippen molar-refractivity contribution in [3.63, 3.8) is 0 Å². The Morgan fingerprint density at radius 1 is 1.41 bits per heavy atom. The number of ether oxygens (including phenoxy) is 1. The van der Waals surface area contributed by atoms with E-state index >= 15 is 0 Å². The van der Waals surface area contributed by atoms with Crippen molar-refractivity contribution in [3.8, 4) is 0 Å². The summed E-state index contributed by atoms with van der Waals surface area (Å²) in [5.41, 5.74) is -0.0371. The maximum Gasteiger partial charge on any atom is 0.328 e. The lowest BCUT2D eigenvalue weighted by atomic mass is 10.2. The molecule has 0 aromatic heterocycles. The zero-order chi connectivity index (χ0) is 12.8. The molecule has 1 aromatic carbocycles. The molecule has 1 atom stereocenters. The molecule has 0 aliphatic carbocycles. The molecule has 0 radical (unpaired) electrons. The van der Waals surface area contributed by atoms with Gasteiger partial charge in [0.2, 0.25) is 0 Å². The Labute approximate surface area is 98.8 Å². The number of anilines is 1. The van der Waals surface area contributed by atoms with Crippen molar-refractivity contribution in [1.29, 1.82) is 0 Å². The topological polar surface area (TPSA) is 38.3 Å². The summed E-state index contributed by atoms with van der Waals surface area (Å²) in [4.78, 5) is 11.5. The Balaban J connectivity index is 2.80. The summed E-state index contributed by atoms with van der Waals surface area (Å²) >= 11 is 0. The van der Waals surface area contributed by atoms with Gasteiger partial charge in [-0.05, 0) is 25.5 Å². The zero-order valence-electron chi connectivity index (χ0n) is 9.80. The van der Waals surface area contributed by atoms with Crippen LogP contribution in [0.3, 0.4) is 0 Å². The molecule has 0 heterocycles. The Morgan fingerprint density at radius 2 is 2.12 bits per heavy atom. The highest BCUT2D eigenvalue weighted by molar-refractivity contribution is 5.79. The van der Waals surface area contributed by atoms with Crippen LogP contribution in [0.5, 0.6) is 0 Å². The van der Waals surface area contributed by atoms with Gasteiger partial charge in [0.1, 0.15) is 6.04 Å². The van der Waals surface area contributed by atoms with E-state index in [1.165, 1.54) is 12.1 Å². The van der Waals surface area contributed by atoms with E-state index in [0.717, 1.165) is 6.07 Å². The summed E-state index contributed by atoms with van der Waals surface area (Å²) in [6.45, 7) is 3.70. The lowest BCUT2D eigenvalue weighted by molar-refractivity contribution is -0.144. The minimum Gasteiger partial charge on any atom is -0.464 e. The molecular weight excluding hydrogens is 228 g/mol. The number of nitrogens with one attached hydrogen (secondary N) is 1. The monoisotopic (exact) mass is 243 g/mol. The highest BCUT2D eigenvalue weighted by Gasteiger charge is 2.19. The van der Waals surface area contributed by atoms with Gasteiger partial charge in [-0.1, -0.05) is 13.0 Å². The fraction of sp³-hybridized carbons (Fsp3) is 0.417. The van der Waals surface area contributed by atoms with Crippen molar-refractivity contribution >= 4 is 11.7 Å². The second-order valence-corrected chi connectivity index (χ2v) is 3.46. The predicted octanol–water partition coefficient (Wildman–Crippen LogP) is 2.72. The standard InChI is InChI=1S/C12H15F2NO2/c1-3-9(12(16)17-4-2)15-10-7-5-6-8(13)11(10)14/h5-7,9,15H,3-4H2,1-2H3. The second kappa shape index (κ2) is 6.18. The van der Waals surface area contributed by atoms with E-state index in [-0.39, 0.29) is 12.3 Å². The van der Waals surface area contributed by atoms with Gasteiger partial charge < -0.3 is 10.1 Å². The van der Waals surface area contributed by atoms with Gasteiger partial charge in [0.05, 0.1) is 12.3 Å². The number of rotatable bonds is 5. The first kappa shape index (κ1) is 13.4. The fourth-order valence-electron chi connectivity index (χ4n) is 1.37. The van der Waals surface area contributed by atoms with Crippen LogP contribution in [0.4, 0.5) is 14.5 Å². The van der Waals surface area contributed by atoms with Gasteiger partial charge in [0.25, 0.3) is 0 Å².